The van der Waals surface area contributed by atoms with Crippen molar-refractivity contribution in [2.75, 3.05) is 24.0 Å². The third-order valence-corrected chi connectivity index (χ3v) is 7.43. The number of pyridine rings is 1. The van der Waals surface area contributed by atoms with Crippen LogP contribution in [0.15, 0.2) is 79.0 Å². The van der Waals surface area contributed by atoms with Crippen LogP contribution in [0.2, 0.25) is 0 Å². The highest BCUT2D eigenvalue weighted by molar-refractivity contribution is 6.13. The summed E-state index contributed by atoms with van der Waals surface area (Å²) in [4.78, 5) is 43.7. The Morgan fingerprint density at radius 1 is 1.04 bits per heavy atom. The number of hydrazine groups is 1. The van der Waals surface area contributed by atoms with Gasteiger partial charge in [-0.3, -0.25) is 19.4 Å². The lowest BCUT2D eigenvalue weighted by molar-refractivity contribution is -0.150. The third-order valence-electron chi connectivity index (χ3n) is 7.43. The molecule has 0 saturated carbocycles. The van der Waals surface area contributed by atoms with E-state index in [-0.39, 0.29) is 18.0 Å². The Balaban J connectivity index is 1.34. The summed E-state index contributed by atoms with van der Waals surface area (Å²) in [5.41, 5.74) is 6.95. The van der Waals surface area contributed by atoms with Crippen molar-refractivity contribution in [3.8, 4) is 17.2 Å². The number of hydrogen-bond acceptors (Lipinski definition) is 9. The summed E-state index contributed by atoms with van der Waals surface area (Å²) in [6, 6.07) is 18.3. The zero-order valence-electron chi connectivity index (χ0n) is 25.3. The van der Waals surface area contributed by atoms with Crippen molar-refractivity contribution in [1.82, 2.24) is 9.99 Å². The van der Waals surface area contributed by atoms with Gasteiger partial charge in [0.1, 0.15) is 29.6 Å². The molecule has 1 aliphatic heterocycles. The van der Waals surface area contributed by atoms with Crippen molar-refractivity contribution in [2.24, 2.45) is 11.7 Å². The van der Waals surface area contributed by atoms with Crippen LogP contribution in [-0.4, -0.2) is 59.6 Å². The number of amides is 2. The predicted molar refractivity (Wildman–Crippen MR) is 166 cm³/mol. The number of benzene rings is 3. The maximum atomic E-state index is 15.2. The van der Waals surface area contributed by atoms with Gasteiger partial charge in [0.15, 0.2) is 11.6 Å². The van der Waals surface area contributed by atoms with Gasteiger partial charge in [0.2, 0.25) is 5.91 Å². The number of ether oxygens (including phenoxy) is 3. The molecule has 2 amide bonds. The van der Waals surface area contributed by atoms with Gasteiger partial charge in [-0.1, -0.05) is 18.2 Å². The zero-order chi connectivity index (χ0) is 32.2. The van der Waals surface area contributed by atoms with Crippen LogP contribution in [0.25, 0.3) is 10.9 Å². The number of nitrogens with two attached hydrogens (primary N) is 1. The Hall–Kier alpha value is -5.07. The average Bonchev–Trinajstić information content (AvgIpc) is 3.26. The Labute approximate surface area is 259 Å². The normalized spacial score (nSPS) is 18.0. The van der Waals surface area contributed by atoms with Crippen molar-refractivity contribution < 1.29 is 33.0 Å². The van der Waals surface area contributed by atoms with E-state index in [4.69, 9.17) is 19.9 Å². The van der Waals surface area contributed by atoms with Crippen molar-refractivity contribution in [1.29, 1.82) is 0 Å². The molecule has 1 saturated heterocycles. The first-order valence-electron chi connectivity index (χ1n) is 14.4. The summed E-state index contributed by atoms with van der Waals surface area (Å²) in [5, 5.41) is 6.44. The van der Waals surface area contributed by atoms with E-state index < -0.39 is 47.7 Å². The Kier molecular flexibility index (Phi) is 9.26. The second-order valence-corrected chi connectivity index (χ2v) is 10.8. The Morgan fingerprint density at radius 2 is 1.80 bits per heavy atom. The number of aromatic nitrogens is 1. The minimum atomic E-state index is -1.14. The lowest BCUT2D eigenvalue weighted by Gasteiger charge is -2.32. The van der Waals surface area contributed by atoms with E-state index in [2.05, 4.69) is 10.3 Å². The first kappa shape index (κ1) is 31.4. The van der Waals surface area contributed by atoms with Crippen LogP contribution < -0.4 is 25.5 Å². The molecule has 0 aliphatic carbocycles. The fraction of sp³-hybridized carbons (Fsp3) is 0.273. The Morgan fingerprint density at radius 3 is 2.49 bits per heavy atom. The van der Waals surface area contributed by atoms with Crippen LogP contribution in [0, 0.1) is 11.7 Å². The zero-order valence-corrected chi connectivity index (χ0v) is 25.3. The van der Waals surface area contributed by atoms with Crippen LogP contribution in [-0.2, 0) is 19.1 Å². The molecular formula is C33H34FN5O6. The number of fused-ring (bicyclic) bond motifs is 1. The molecule has 1 aromatic heterocycles. The highest BCUT2D eigenvalue weighted by Gasteiger charge is 2.49. The summed E-state index contributed by atoms with van der Waals surface area (Å²) in [5.74, 6) is -2.55. The van der Waals surface area contributed by atoms with Gasteiger partial charge in [0.05, 0.1) is 24.9 Å². The second kappa shape index (κ2) is 13.3. The van der Waals surface area contributed by atoms with E-state index in [0.29, 0.717) is 28.1 Å². The van der Waals surface area contributed by atoms with Crippen LogP contribution in [0.3, 0.4) is 0 Å². The van der Waals surface area contributed by atoms with Crippen molar-refractivity contribution in [3.63, 3.8) is 0 Å². The monoisotopic (exact) mass is 615 g/mol. The van der Waals surface area contributed by atoms with E-state index in [1.165, 1.54) is 24.1 Å². The van der Waals surface area contributed by atoms with Gasteiger partial charge in [-0.25, -0.2) is 14.4 Å². The van der Waals surface area contributed by atoms with Gasteiger partial charge in [0, 0.05) is 35.4 Å². The lowest BCUT2D eigenvalue weighted by atomic mass is 10.0. The molecule has 0 spiro atoms. The summed E-state index contributed by atoms with van der Waals surface area (Å²) >= 11 is 0. The smallest absolute Gasteiger partial charge is 0.322 e. The van der Waals surface area contributed by atoms with Crippen molar-refractivity contribution in [2.45, 2.75) is 39.0 Å². The van der Waals surface area contributed by atoms with E-state index in [9.17, 15) is 14.4 Å². The molecule has 5 rings (SSSR count). The lowest BCUT2D eigenvalue weighted by Crippen LogP contribution is -2.47. The second-order valence-electron chi connectivity index (χ2n) is 10.8. The van der Waals surface area contributed by atoms with Crippen LogP contribution in [0.1, 0.15) is 20.8 Å². The molecule has 234 valence electrons. The third kappa shape index (κ3) is 6.71. The van der Waals surface area contributed by atoms with E-state index in [0.717, 1.165) is 6.07 Å². The summed E-state index contributed by atoms with van der Waals surface area (Å²) < 4.78 is 31.8. The average molecular weight is 616 g/mol. The maximum Gasteiger partial charge on any atom is 0.322 e. The number of nitrogens with zero attached hydrogens (tertiary/aromatic N) is 3. The first-order chi connectivity index (χ1) is 21.6. The molecule has 0 bridgehead atoms. The number of halogens is 1. The molecule has 4 aromatic rings. The van der Waals surface area contributed by atoms with Crippen LogP contribution >= 0.6 is 0 Å². The highest BCUT2D eigenvalue weighted by Crippen LogP contribution is 2.35. The van der Waals surface area contributed by atoms with Crippen LogP contribution in [0.5, 0.6) is 17.2 Å². The van der Waals surface area contributed by atoms with Gasteiger partial charge in [-0.2, -0.15) is 0 Å². The number of anilines is 2. The molecule has 1 aliphatic rings. The molecule has 4 atom stereocenters. The van der Waals surface area contributed by atoms with Gasteiger partial charge in [-0.15, -0.1) is 0 Å². The van der Waals surface area contributed by atoms with Crippen LogP contribution in [0.4, 0.5) is 15.8 Å². The predicted octanol–water partition coefficient (Wildman–Crippen LogP) is 4.66. The topological polar surface area (TPSA) is 136 Å². The number of methoxy groups -OCH3 is 1. The summed E-state index contributed by atoms with van der Waals surface area (Å²) in [6.07, 6.45) is 0.919. The molecule has 3 N–H and O–H groups in total. The number of carbonyl (C=O) groups excluding carboxylic acids is 3. The van der Waals surface area contributed by atoms with E-state index in [1.807, 2.05) is 6.07 Å². The van der Waals surface area contributed by atoms with Crippen molar-refractivity contribution >= 4 is 40.1 Å². The number of hydrogen-bond donors (Lipinski definition) is 2. The number of para-hydroxylation sites is 1. The molecule has 11 nitrogen and oxygen atoms in total. The number of carbonyl (C=O) groups is 3. The molecular weight excluding hydrogens is 581 g/mol. The van der Waals surface area contributed by atoms with Gasteiger partial charge < -0.3 is 25.3 Å². The minimum Gasteiger partial charge on any atom is -0.497 e. The molecule has 2 heterocycles. The number of nitrogens with one attached hydrogen (secondary N) is 1. The van der Waals surface area contributed by atoms with E-state index >= 15 is 4.39 Å². The number of esters is 1. The van der Waals surface area contributed by atoms with Gasteiger partial charge in [0.25, 0.3) is 5.91 Å². The van der Waals surface area contributed by atoms with E-state index in [1.54, 1.807) is 80.7 Å². The molecule has 0 radical (unpaired) electrons. The largest absolute Gasteiger partial charge is 0.497 e. The van der Waals surface area contributed by atoms with Gasteiger partial charge >= 0.3 is 5.97 Å². The van der Waals surface area contributed by atoms with Gasteiger partial charge in [-0.05, 0) is 63.2 Å². The minimum absolute atomic E-state index is 0.0570. The maximum absolute atomic E-state index is 15.2. The quantitative estimate of drug-likeness (QED) is 0.193. The molecule has 3 aromatic carbocycles. The summed E-state index contributed by atoms with van der Waals surface area (Å²) in [7, 11) is 1.56. The molecule has 2 unspecified atom stereocenters. The number of rotatable bonds is 10. The molecule has 45 heavy (non-hydrogen) atoms. The fourth-order valence-corrected chi connectivity index (χ4v) is 5.17. The molecule has 12 heteroatoms. The highest BCUT2D eigenvalue weighted by atomic mass is 19.1. The Bertz CT molecular complexity index is 1720. The fourth-order valence-electron chi connectivity index (χ4n) is 5.17. The first-order valence-corrected chi connectivity index (χ1v) is 14.4. The molecule has 1 fully saturated rings. The summed E-state index contributed by atoms with van der Waals surface area (Å²) in [6.45, 7) is 5.07. The van der Waals surface area contributed by atoms with Crippen molar-refractivity contribution in [3.05, 3.63) is 84.8 Å². The standard InChI is InChI=1S/C33H34FN5O6/c1-19(44-33(42)20(2)35)18-38-21(3)30(32(41)39(38)23-8-6-5-7-9-23)31(40)37-22-10-13-29(26(34)16-22)45-28-14-15-36-27-17-24(43-4)11-12-25(27)28/h5-17,19-21,30H,18,35H2,1-4H3,(H,37,40)/t19-,20+,21?,30?/m1/s1. The SMILES string of the molecule is COc1ccc2c(Oc3ccc(NC(=O)C4C(=O)N(c5ccccc5)N(C[C@@H](C)OC(=O)[C@H](C)N)C4C)cc3F)ccnc2c1.